The van der Waals surface area contributed by atoms with Crippen LogP contribution in [0.2, 0.25) is 0 Å². The van der Waals surface area contributed by atoms with Gasteiger partial charge in [-0.2, -0.15) is 0 Å². The third-order valence-corrected chi connectivity index (χ3v) is 2.49. The minimum Gasteiger partial charge on any atom is -0.480 e. The van der Waals surface area contributed by atoms with E-state index in [2.05, 4.69) is 5.32 Å². The first kappa shape index (κ1) is 13.5. The summed E-state index contributed by atoms with van der Waals surface area (Å²) in [4.78, 5) is 13.1. The van der Waals surface area contributed by atoms with Crippen molar-refractivity contribution in [2.45, 2.75) is 25.9 Å². The first-order chi connectivity index (χ1) is 8.00. The molecule has 0 aliphatic heterocycles. The van der Waals surface area contributed by atoms with E-state index in [1.807, 2.05) is 56.1 Å². The number of carboxylic acids is 1. The molecule has 17 heavy (non-hydrogen) atoms. The van der Waals surface area contributed by atoms with Crippen molar-refractivity contribution in [3.05, 3.63) is 30.3 Å². The summed E-state index contributed by atoms with van der Waals surface area (Å²) in [7, 11) is 1.90. The van der Waals surface area contributed by atoms with Gasteiger partial charge >= 0.3 is 5.97 Å². The number of benzene rings is 1. The fraction of sp³-hybridized carbons (Fsp3) is 0.462. The highest BCUT2D eigenvalue weighted by molar-refractivity contribution is 5.74. The Bertz CT molecular complexity index is 352. The predicted molar refractivity (Wildman–Crippen MR) is 69.4 cm³/mol. The van der Waals surface area contributed by atoms with Gasteiger partial charge in [0.25, 0.3) is 0 Å². The van der Waals surface area contributed by atoms with Gasteiger partial charge in [0.1, 0.15) is 6.04 Å². The Kier molecular flexibility index (Phi) is 4.97. The number of nitrogens with one attached hydrogen (secondary N) is 1. The summed E-state index contributed by atoms with van der Waals surface area (Å²) in [6.45, 7) is 4.33. The molecule has 1 aromatic carbocycles. The number of rotatable bonds is 6. The number of carbonyl (C=O) groups is 1. The van der Waals surface area contributed by atoms with Crippen LogP contribution >= 0.6 is 0 Å². The Balaban J connectivity index is 2.64. The van der Waals surface area contributed by atoms with Crippen molar-refractivity contribution in [2.75, 3.05) is 18.5 Å². The molecule has 0 saturated heterocycles. The van der Waals surface area contributed by atoms with Gasteiger partial charge in [0, 0.05) is 25.3 Å². The third-order valence-electron chi connectivity index (χ3n) is 2.49. The lowest BCUT2D eigenvalue weighted by Crippen LogP contribution is -2.47. The van der Waals surface area contributed by atoms with Gasteiger partial charge in [-0.25, -0.2) is 0 Å². The molecule has 0 aromatic heterocycles. The van der Waals surface area contributed by atoms with Crippen LogP contribution in [0, 0.1) is 0 Å². The number of aliphatic carboxylic acids is 1. The van der Waals surface area contributed by atoms with Crippen LogP contribution in [0.3, 0.4) is 0 Å². The smallest absolute Gasteiger partial charge is 0.322 e. The van der Waals surface area contributed by atoms with Crippen LogP contribution in [0.5, 0.6) is 0 Å². The molecule has 0 saturated carbocycles. The van der Waals surface area contributed by atoms with E-state index in [1.54, 1.807) is 0 Å². The Hall–Kier alpha value is -1.55. The van der Waals surface area contributed by atoms with E-state index in [0.717, 1.165) is 5.69 Å². The highest BCUT2D eigenvalue weighted by atomic mass is 16.4. The Labute approximate surface area is 102 Å². The number of nitrogens with zero attached hydrogens (tertiary/aromatic N) is 1. The Morgan fingerprint density at radius 1 is 1.35 bits per heavy atom. The van der Waals surface area contributed by atoms with Gasteiger partial charge in [0.2, 0.25) is 0 Å². The molecule has 0 spiro atoms. The van der Waals surface area contributed by atoms with E-state index in [-0.39, 0.29) is 6.04 Å². The quantitative estimate of drug-likeness (QED) is 0.787. The van der Waals surface area contributed by atoms with Crippen molar-refractivity contribution in [1.29, 1.82) is 0 Å². The molecule has 4 heteroatoms. The monoisotopic (exact) mass is 236 g/mol. The van der Waals surface area contributed by atoms with Gasteiger partial charge in [0.15, 0.2) is 0 Å². The molecule has 4 nitrogen and oxygen atoms in total. The molecule has 0 aliphatic carbocycles. The number of para-hydroxylation sites is 1. The fourth-order valence-electron chi connectivity index (χ4n) is 1.67. The van der Waals surface area contributed by atoms with Gasteiger partial charge in [-0.1, -0.05) is 32.0 Å². The number of carboxylic acid groups (broad SMARTS) is 1. The topological polar surface area (TPSA) is 52.6 Å². The first-order valence-corrected chi connectivity index (χ1v) is 5.75. The van der Waals surface area contributed by atoms with Gasteiger partial charge in [-0.05, 0) is 12.1 Å². The number of anilines is 1. The average molecular weight is 236 g/mol. The van der Waals surface area contributed by atoms with Crippen LogP contribution in [-0.2, 0) is 4.79 Å². The van der Waals surface area contributed by atoms with Crippen molar-refractivity contribution >= 4 is 11.7 Å². The second-order valence-corrected chi connectivity index (χ2v) is 4.43. The highest BCUT2D eigenvalue weighted by Gasteiger charge is 2.19. The lowest BCUT2D eigenvalue weighted by Gasteiger charge is -2.25. The zero-order chi connectivity index (χ0) is 12.8. The maximum atomic E-state index is 11.1. The summed E-state index contributed by atoms with van der Waals surface area (Å²) in [6.07, 6.45) is 0. The Morgan fingerprint density at radius 2 is 1.94 bits per heavy atom. The summed E-state index contributed by atoms with van der Waals surface area (Å²) in [5.41, 5.74) is 1.02. The van der Waals surface area contributed by atoms with Crippen LogP contribution < -0.4 is 10.2 Å². The van der Waals surface area contributed by atoms with Gasteiger partial charge < -0.3 is 15.3 Å². The number of hydrogen-bond donors (Lipinski definition) is 2. The van der Waals surface area contributed by atoms with Gasteiger partial charge in [-0.15, -0.1) is 0 Å². The SMILES string of the molecule is CC(C)NC(CN(C)c1ccccc1)C(=O)O. The molecule has 0 radical (unpaired) electrons. The van der Waals surface area contributed by atoms with Crippen molar-refractivity contribution in [1.82, 2.24) is 5.32 Å². The standard InChI is InChI=1S/C13H20N2O2/c1-10(2)14-12(13(16)17)9-15(3)11-7-5-4-6-8-11/h4-8,10,12,14H,9H2,1-3H3,(H,16,17). The summed E-state index contributed by atoms with van der Waals surface area (Å²) >= 11 is 0. The maximum absolute atomic E-state index is 11.1. The molecule has 94 valence electrons. The normalized spacial score (nSPS) is 12.5. The molecule has 0 fully saturated rings. The molecule has 1 aromatic rings. The third kappa shape index (κ3) is 4.44. The maximum Gasteiger partial charge on any atom is 0.322 e. The molecular formula is C13H20N2O2. The minimum absolute atomic E-state index is 0.153. The summed E-state index contributed by atoms with van der Waals surface area (Å²) in [5, 5.41) is 12.2. The van der Waals surface area contributed by atoms with Crippen LogP contribution in [0.1, 0.15) is 13.8 Å². The average Bonchev–Trinajstić information content (AvgIpc) is 2.28. The molecule has 0 bridgehead atoms. The van der Waals surface area contributed by atoms with Crippen molar-refractivity contribution in [3.8, 4) is 0 Å². The fourth-order valence-corrected chi connectivity index (χ4v) is 1.67. The Morgan fingerprint density at radius 3 is 2.41 bits per heavy atom. The van der Waals surface area contributed by atoms with E-state index >= 15 is 0 Å². The van der Waals surface area contributed by atoms with Crippen LogP contribution in [-0.4, -0.2) is 36.8 Å². The molecule has 1 unspecified atom stereocenters. The second kappa shape index (κ2) is 6.25. The van der Waals surface area contributed by atoms with E-state index in [9.17, 15) is 4.79 Å². The highest BCUT2D eigenvalue weighted by Crippen LogP contribution is 2.11. The molecule has 1 atom stereocenters. The zero-order valence-electron chi connectivity index (χ0n) is 10.6. The summed E-state index contributed by atoms with van der Waals surface area (Å²) < 4.78 is 0. The van der Waals surface area contributed by atoms with E-state index in [1.165, 1.54) is 0 Å². The molecule has 0 heterocycles. The number of likely N-dealkylation sites (N-methyl/N-ethyl adjacent to an activating group) is 1. The first-order valence-electron chi connectivity index (χ1n) is 5.75. The molecule has 0 amide bonds. The minimum atomic E-state index is -0.818. The predicted octanol–water partition coefficient (Wildman–Crippen LogP) is 1.57. The molecule has 0 aliphatic rings. The largest absolute Gasteiger partial charge is 0.480 e. The molecule has 1 rings (SSSR count). The van der Waals surface area contributed by atoms with E-state index in [4.69, 9.17) is 5.11 Å². The van der Waals surface area contributed by atoms with E-state index in [0.29, 0.717) is 6.54 Å². The van der Waals surface area contributed by atoms with Crippen LogP contribution in [0.4, 0.5) is 5.69 Å². The lowest BCUT2D eigenvalue weighted by atomic mass is 10.2. The summed E-state index contributed by atoms with van der Waals surface area (Å²) in [6, 6.07) is 9.36. The van der Waals surface area contributed by atoms with Crippen molar-refractivity contribution in [3.63, 3.8) is 0 Å². The zero-order valence-corrected chi connectivity index (χ0v) is 10.6. The van der Waals surface area contributed by atoms with Crippen molar-refractivity contribution < 1.29 is 9.90 Å². The van der Waals surface area contributed by atoms with Crippen LogP contribution in [0.15, 0.2) is 30.3 Å². The summed E-state index contributed by atoms with van der Waals surface area (Å²) in [5.74, 6) is -0.818. The van der Waals surface area contributed by atoms with Gasteiger partial charge in [0.05, 0.1) is 0 Å². The molecule has 2 N–H and O–H groups in total. The van der Waals surface area contributed by atoms with Gasteiger partial charge in [-0.3, -0.25) is 4.79 Å². The van der Waals surface area contributed by atoms with Crippen LogP contribution in [0.25, 0.3) is 0 Å². The number of hydrogen-bond acceptors (Lipinski definition) is 3. The lowest BCUT2D eigenvalue weighted by molar-refractivity contribution is -0.139. The second-order valence-electron chi connectivity index (χ2n) is 4.43. The van der Waals surface area contributed by atoms with E-state index < -0.39 is 12.0 Å². The molecular weight excluding hydrogens is 216 g/mol. The van der Waals surface area contributed by atoms with Crippen molar-refractivity contribution in [2.24, 2.45) is 0 Å².